The minimum Gasteiger partial charge on any atom is -0.335 e. The van der Waals surface area contributed by atoms with E-state index in [-0.39, 0.29) is 5.91 Å². The van der Waals surface area contributed by atoms with Crippen molar-refractivity contribution in [2.75, 3.05) is 26.2 Å². The first-order chi connectivity index (χ1) is 13.0. The Morgan fingerprint density at radius 1 is 1.22 bits per heavy atom. The van der Waals surface area contributed by atoms with Gasteiger partial charge < -0.3 is 4.90 Å². The van der Waals surface area contributed by atoms with Crippen LogP contribution < -0.4 is 0 Å². The van der Waals surface area contributed by atoms with E-state index < -0.39 is 0 Å². The Morgan fingerprint density at radius 2 is 2.00 bits per heavy atom. The van der Waals surface area contributed by atoms with Gasteiger partial charge in [0.2, 0.25) is 0 Å². The number of piperazine rings is 1. The Labute approximate surface area is 167 Å². The van der Waals surface area contributed by atoms with Crippen LogP contribution in [0.4, 0.5) is 0 Å². The molecular weight excluding hydrogens is 378 g/mol. The van der Waals surface area contributed by atoms with Crippen LogP contribution in [0.2, 0.25) is 0 Å². The molecule has 1 amide bonds. The van der Waals surface area contributed by atoms with Gasteiger partial charge in [-0.2, -0.15) is 5.10 Å². The van der Waals surface area contributed by atoms with E-state index in [4.69, 9.17) is 0 Å². The second kappa shape index (κ2) is 7.53. The molecule has 4 heterocycles. The molecule has 8 heteroatoms. The Kier molecular flexibility index (Phi) is 5.12. The molecule has 0 saturated carbocycles. The minimum absolute atomic E-state index is 0.101. The first-order valence-electron chi connectivity index (χ1n) is 9.03. The summed E-state index contributed by atoms with van der Waals surface area (Å²) < 4.78 is 1.94. The van der Waals surface area contributed by atoms with Gasteiger partial charge in [-0.25, -0.2) is 4.98 Å². The lowest BCUT2D eigenvalue weighted by molar-refractivity contribution is 0.0632. The summed E-state index contributed by atoms with van der Waals surface area (Å²) in [7, 11) is 1.99. The number of rotatable bonds is 4. The van der Waals surface area contributed by atoms with Crippen LogP contribution in [0.1, 0.15) is 26.6 Å². The highest BCUT2D eigenvalue weighted by Crippen LogP contribution is 2.29. The Balaban J connectivity index is 1.37. The topological polar surface area (TPSA) is 54.3 Å². The number of thiazole rings is 1. The van der Waals surface area contributed by atoms with Crippen molar-refractivity contribution < 1.29 is 4.79 Å². The van der Waals surface area contributed by atoms with E-state index in [2.05, 4.69) is 28.8 Å². The molecule has 142 valence electrons. The van der Waals surface area contributed by atoms with Crippen LogP contribution >= 0.6 is 22.7 Å². The second-order valence-electron chi connectivity index (χ2n) is 6.85. The van der Waals surface area contributed by atoms with Crippen LogP contribution in [0.25, 0.3) is 9.88 Å². The Bertz CT molecular complexity index is 936. The summed E-state index contributed by atoms with van der Waals surface area (Å²) in [5, 5.41) is 7.46. The summed E-state index contributed by atoms with van der Waals surface area (Å²) in [6, 6.07) is 4.05. The van der Waals surface area contributed by atoms with Gasteiger partial charge >= 0.3 is 0 Å². The smallest absolute Gasteiger partial charge is 0.265 e. The lowest BCUT2D eigenvalue weighted by Crippen LogP contribution is -2.48. The minimum atomic E-state index is 0.101. The van der Waals surface area contributed by atoms with Gasteiger partial charge in [0.05, 0.1) is 16.8 Å². The van der Waals surface area contributed by atoms with E-state index in [1.54, 1.807) is 17.5 Å². The van der Waals surface area contributed by atoms with E-state index in [9.17, 15) is 4.79 Å². The Morgan fingerprint density at radius 3 is 2.63 bits per heavy atom. The summed E-state index contributed by atoms with van der Waals surface area (Å²) in [5.74, 6) is 0.101. The largest absolute Gasteiger partial charge is 0.335 e. The number of thiophene rings is 1. The lowest BCUT2D eigenvalue weighted by Gasteiger charge is -2.34. The molecule has 0 N–H and O–H groups in total. The molecule has 1 aliphatic rings. The van der Waals surface area contributed by atoms with Crippen LogP contribution in [0.3, 0.4) is 0 Å². The number of aromatic nitrogens is 3. The third-order valence-electron chi connectivity index (χ3n) is 5.15. The molecule has 1 saturated heterocycles. The number of hydrogen-bond donors (Lipinski definition) is 0. The molecule has 6 nitrogen and oxygen atoms in total. The van der Waals surface area contributed by atoms with E-state index in [0.29, 0.717) is 0 Å². The van der Waals surface area contributed by atoms with Gasteiger partial charge in [0, 0.05) is 51.0 Å². The number of nitrogens with zero attached hydrogens (tertiary/aromatic N) is 5. The first-order valence-corrected chi connectivity index (χ1v) is 10.7. The van der Waals surface area contributed by atoms with Crippen molar-refractivity contribution in [1.82, 2.24) is 24.6 Å². The van der Waals surface area contributed by atoms with Gasteiger partial charge in [0.15, 0.2) is 0 Å². The molecule has 0 spiro atoms. The molecule has 4 rings (SSSR count). The highest BCUT2D eigenvalue weighted by Gasteiger charge is 2.25. The first kappa shape index (κ1) is 18.3. The van der Waals surface area contributed by atoms with Crippen LogP contribution in [-0.4, -0.2) is 56.7 Å². The molecule has 0 atom stereocenters. The predicted molar refractivity (Wildman–Crippen MR) is 109 cm³/mol. The number of carbonyl (C=O) groups excluding carboxylic acids is 1. The van der Waals surface area contributed by atoms with E-state index in [1.165, 1.54) is 22.6 Å². The van der Waals surface area contributed by atoms with Crippen molar-refractivity contribution in [1.29, 1.82) is 0 Å². The maximum absolute atomic E-state index is 12.8. The molecule has 3 aromatic heterocycles. The van der Waals surface area contributed by atoms with Crippen LogP contribution in [0, 0.1) is 13.8 Å². The van der Waals surface area contributed by atoms with Crippen molar-refractivity contribution in [3.05, 3.63) is 45.5 Å². The molecule has 0 aliphatic carbocycles. The van der Waals surface area contributed by atoms with Crippen LogP contribution in [0.5, 0.6) is 0 Å². The molecule has 1 fully saturated rings. The fourth-order valence-corrected chi connectivity index (χ4v) is 5.11. The zero-order valence-corrected chi connectivity index (χ0v) is 17.4. The SMILES string of the molecule is Cc1nn(C)c(C)c1CN1CCN(C(=O)c2cnc(-c3cccs3)s2)CC1. The van der Waals surface area contributed by atoms with Gasteiger partial charge in [-0.15, -0.1) is 22.7 Å². The van der Waals surface area contributed by atoms with Crippen molar-refractivity contribution >= 4 is 28.6 Å². The van der Waals surface area contributed by atoms with Gasteiger partial charge in [-0.05, 0) is 25.3 Å². The fourth-order valence-electron chi connectivity index (χ4n) is 3.42. The van der Waals surface area contributed by atoms with Gasteiger partial charge in [-0.1, -0.05) is 6.07 Å². The molecule has 0 aromatic carbocycles. The zero-order valence-electron chi connectivity index (χ0n) is 15.8. The summed E-state index contributed by atoms with van der Waals surface area (Å²) >= 11 is 3.14. The summed E-state index contributed by atoms with van der Waals surface area (Å²) in [4.78, 5) is 23.5. The van der Waals surface area contributed by atoms with E-state index in [0.717, 1.165) is 53.2 Å². The second-order valence-corrected chi connectivity index (χ2v) is 8.83. The van der Waals surface area contributed by atoms with Gasteiger partial charge in [-0.3, -0.25) is 14.4 Å². The van der Waals surface area contributed by atoms with Gasteiger partial charge in [0.1, 0.15) is 9.88 Å². The number of aryl methyl sites for hydroxylation is 2. The summed E-state index contributed by atoms with van der Waals surface area (Å²) in [6.07, 6.45) is 1.72. The summed E-state index contributed by atoms with van der Waals surface area (Å²) in [5.41, 5.74) is 3.62. The van der Waals surface area contributed by atoms with Crippen molar-refractivity contribution in [2.45, 2.75) is 20.4 Å². The third kappa shape index (κ3) is 3.69. The molecule has 27 heavy (non-hydrogen) atoms. The fraction of sp³-hybridized carbons (Fsp3) is 0.421. The third-order valence-corrected chi connectivity index (χ3v) is 7.17. The van der Waals surface area contributed by atoms with E-state index in [1.807, 2.05) is 34.1 Å². The monoisotopic (exact) mass is 401 g/mol. The molecule has 0 radical (unpaired) electrons. The maximum atomic E-state index is 12.8. The molecule has 1 aliphatic heterocycles. The predicted octanol–water partition coefficient (Wildman–Crippen LogP) is 3.18. The molecule has 3 aromatic rings. The lowest BCUT2D eigenvalue weighted by atomic mass is 10.1. The average Bonchev–Trinajstić information content (AvgIpc) is 3.40. The standard InChI is InChI=1S/C19H23N5OS2/c1-13-15(14(2)22(3)21-13)12-23-6-8-24(9-7-23)19(25)17-11-20-18(27-17)16-5-4-10-26-16/h4-5,10-11H,6-9,12H2,1-3H3. The van der Waals surface area contributed by atoms with Crippen molar-refractivity contribution in [3.8, 4) is 9.88 Å². The highest BCUT2D eigenvalue weighted by atomic mass is 32.1. The van der Waals surface area contributed by atoms with Crippen molar-refractivity contribution in [2.24, 2.45) is 7.05 Å². The molecule has 0 bridgehead atoms. The quantitative estimate of drug-likeness (QED) is 0.674. The number of carbonyl (C=O) groups is 1. The van der Waals surface area contributed by atoms with E-state index >= 15 is 0 Å². The molecular formula is C19H23N5OS2. The number of amides is 1. The summed E-state index contributed by atoms with van der Waals surface area (Å²) in [6.45, 7) is 8.36. The van der Waals surface area contributed by atoms with Crippen LogP contribution in [-0.2, 0) is 13.6 Å². The highest BCUT2D eigenvalue weighted by molar-refractivity contribution is 7.21. The van der Waals surface area contributed by atoms with Crippen LogP contribution in [0.15, 0.2) is 23.7 Å². The zero-order chi connectivity index (χ0) is 19.0. The van der Waals surface area contributed by atoms with Crippen molar-refractivity contribution in [3.63, 3.8) is 0 Å². The molecule has 0 unspecified atom stereocenters. The average molecular weight is 402 g/mol. The normalized spacial score (nSPS) is 15.4. The Hall–Kier alpha value is -2.03. The maximum Gasteiger partial charge on any atom is 0.265 e. The van der Waals surface area contributed by atoms with Gasteiger partial charge in [0.25, 0.3) is 5.91 Å². The number of hydrogen-bond acceptors (Lipinski definition) is 6.